The molecule has 0 aliphatic rings. The van der Waals surface area contributed by atoms with Crippen LogP contribution in [0.1, 0.15) is 13.3 Å². The molecule has 0 amide bonds. The van der Waals surface area contributed by atoms with E-state index in [1.807, 2.05) is 6.92 Å². The van der Waals surface area contributed by atoms with Gasteiger partial charge in [-0.3, -0.25) is 4.79 Å². The molecule has 0 rings (SSSR count). The van der Waals surface area contributed by atoms with Crippen LogP contribution in [0.5, 0.6) is 0 Å². The van der Waals surface area contributed by atoms with Crippen LogP contribution >= 0.6 is 0 Å². The van der Waals surface area contributed by atoms with Crippen LogP contribution in [0, 0.1) is 25.2 Å². The molecule has 0 heterocycles. The van der Waals surface area contributed by atoms with E-state index < -0.39 is 0 Å². The van der Waals surface area contributed by atoms with Gasteiger partial charge < -0.3 is 4.74 Å². The topological polar surface area (TPSA) is 26.3 Å². The Kier molecular flexibility index (Phi) is 4.39. The molecule has 0 N–H and O–H groups in total. The molecule has 10 heavy (non-hydrogen) atoms. The second kappa shape index (κ2) is 4.87. The number of hydrogen-bond donors (Lipinski definition) is 0. The summed E-state index contributed by atoms with van der Waals surface area (Å²) in [4.78, 5) is 10.7. The average Bonchev–Trinajstić information content (AvgIpc) is 1.82. The second-order valence-electron chi connectivity index (χ2n) is 2.17. The van der Waals surface area contributed by atoms with E-state index in [1.54, 1.807) is 0 Å². The zero-order chi connectivity index (χ0) is 7.98. The van der Waals surface area contributed by atoms with Gasteiger partial charge in [0.1, 0.15) is 0 Å². The molecule has 55 valence electrons. The monoisotopic (exact) mass is 139 g/mol. The number of hydrogen-bond acceptors (Lipinski definition) is 2. The summed E-state index contributed by atoms with van der Waals surface area (Å²) in [7, 11) is 0. The number of esters is 1. The zero-order valence-electron chi connectivity index (χ0n) is 6.09. The molecule has 0 bridgehead atoms. The highest BCUT2D eigenvalue weighted by molar-refractivity contribution is 5.69. The molecule has 0 saturated heterocycles. The molecule has 0 spiro atoms. The summed E-state index contributed by atoms with van der Waals surface area (Å²) in [5, 5.41) is 0. The average molecular weight is 139 g/mol. The van der Waals surface area contributed by atoms with E-state index in [0.29, 0.717) is 6.42 Å². The van der Waals surface area contributed by atoms with Crippen molar-refractivity contribution in [2.45, 2.75) is 13.3 Å². The number of rotatable bonds is 3. The van der Waals surface area contributed by atoms with E-state index in [0.717, 1.165) is 0 Å². The molecule has 0 aliphatic heterocycles. The molecule has 1 radical (unpaired) electrons. The first-order valence-electron chi connectivity index (χ1n) is 3.09. The number of carbonyl (C=O) groups is 1. The Morgan fingerprint density at radius 2 is 2.50 bits per heavy atom. The summed E-state index contributed by atoms with van der Waals surface area (Å²) < 4.78 is 4.59. The Bertz CT molecular complexity index is 142. The first kappa shape index (κ1) is 9.03. The fourth-order valence-corrected chi connectivity index (χ4v) is 0.466. The lowest BCUT2D eigenvalue weighted by atomic mass is 10.1. The van der Waals surface area contributed by atoms with Crippen molar-refractivity contribution >= 4 is 5.97 Å². The van der Waals surface area contributed by atoms with Gasteiger partial charge in [0.25, 0.3) is 0 Å². The van der Waals surface area contributed by atoms with Crippen LogP contribution in [0.3, 0.4) is 0 Å². The van der Waals surface area contributed by atoms with Crippen molar-refractivity contribution in [2.75, 3.05) is 6.61 Å². The van der Waals surface area contributed by atoms with Crippen molar-refractivity contribution in [3.8, 4) is 12.3 Å². The molecule has 0 fully saturated rings. The van der Waals surface area contributed by atoms with Gasteiger partial charge in [-0.05, 0) is 12.8 Å². The van der Waals surface area contributed by atoms with Gasteiger partial charge in [0.05, 0.1) is 0 Å². The van der Waals surface area contributed by atoms with Crippen LogP contribution in [0.15, 0.2) is 0 Å². The standard InChI is InChI=1S/C8H11O2/c1-4-5-10-8(9)6-7(2)3/h1,7H,2,5-6H2,3H3. The predicted octanol–water partition coefficient (Wildman–Crippen LogP) is 1.02. The molecule has 0 aromatic carbocycles. The third-order valence-electron chi connectivity index (χ3n) is 0.832. The molecule has 1 unspecified atom stereocenters. The lowest BCUT2D eigenvalue weighted by Crippen LogP contribution is -2.07. The zero-order valence-corrected chi connectivity index (χ0v) is 6.09. The lowest BCUT2D eigenvalue weighted by molar-refractivity contribution is -0.142. The molecule has 1 atom stereocenters. The predicted molar refractivity (Wildman–Crippen MR) is 38.9 cm³/mol. The summed E-state index contributed by atoms with van der Waals surface area (Å²) >= 11 is 0. The fraction of sp³-hybridized carbons (Fsp3) is 0.500. The summed E-state index contributed by atoms with van der Waals surface area (Å²) in [5.41, 5.74) is 0. The van der Waals surface area contributed by atoms with E-state index >= 15 is 0 Å². The fourth-order valence-electron chi connectivity index (χ4n) is 0.466. The maximum Gasteiger partial charge on any atom is 0.307 e. The first-order valence-corrected chi connectivity index (χ1v) is 3.09. The molecular formula is C8H11O2. The third kappa shape index (κ3) is 5.17. The van der Waals surface area contributed by atoms with E-state index in [2.05, 4.69) is 17.6 Å². The Morgan fingerprint density at radius 3 is 2.90 bits per heavy atom. The highest BCUT2D eigenvalue weighted by atomic mass is 16.5. The Morgan fingerprint density at radius 1 is 1.90 bits per heavy atom. The molecule has 0 aromatic rings. The van der Waals surface area contributed by atoms with Gasteiger partial charge in [-0.25, -0.2) is 0 Å². The van der Waals surface area contributed by atoms with Gasteiger partial charge in [-0.1, -0.05) is 12.8 Å². The summed E-state index contributed by atoms with van der Waals surface area (Å²) in [6.45, 7) is 5.54. The van der Waals surface area contributed by atoms with Crippen molar-refractivity contribution in [3.05, 3.63) is 6.92 Å². The molecule has 2 heteroatoms. The summed E-state index contributed by atoms with van der Waals surface area (Å²) in [6.07, 6.45) is 5.20. The summed E-state index contributed by atoms with van der Waals surface area (Å²) in [5.74, 6) is 2.02. The Balaban J connectivity index is 3.37. The lowest BCUT2D eigenvalue weighted by Gasteiger charge is -2.01. The van der Waals surface area contributed by atoms with Crippen LogP contribution < -0.4 is 0 Å². The van der Waals surface area contributed by atoms with Crippen LogP contribution in [-0.4, -0.2) is 12.6 Å². The Hall–Kier alpha value is -0.970. The van der Waals surface area contributed by atoms with Gasteiger partial charge >= 0.3 is 5.97 Å². The van der Waals surface area contributed by atoms with Crippen molar-refractivity contribution in [2.24, 2.45) is 5.92 Å². The molecule has 2 nitrogen and oxygen atoms in total. The smallest absolute Gasteiger partial charge is 0.307 e. The van der Waals surface area contributed by atoms with Crippen molar-refractivity contribution in [3.63, 3.8) is 0 Å². The molecule has 0 saturated carbocycles. The molecule has 0 aliphatic carbocycles. The number of ether oxygens (including phenoxy) is 1. The largest absolute Gasteiger partial charge is 0.452 e. The highest BCUT2D eigenvalue weighted by Gasteiger charge is 2.03. The number of carbonyl (C=O) groups excluding carboxylic acids is 1. The minimum absolute atomic E-state index is 0.0611. The molecular weight excluding hydrogens is 128 g/mol. The normalized spacial score (nSPS) is 9.00. The van der Waals surface area contributed by atoms with Gasteiger partial charge in [0.2, 0.25) is 0 Å². The van der Waals surface area contributed by atoms with E-state index in [-0.39, 0.29) is 18.5 Å². The Labute approximate surface area is 61.6 Å². The van der Waals surface area contributed by atoms with Gasteiger partial charge in [-0.15, -0.1) is 6.42 Å². The van der Waals surface area contributed by atoms with Crippen LogP contribution in [0.4, 0.5) is 0 Å². The summed E-state index contributed by atoms with van der Waals surface area (Å²) in [6, 6.07) is 0. The van der Waals surface area contributed by atoms with Crippen LogP contribution in [0.2, 0.25) is 0 Å². The number of terminal acetylenes is 1. The quantitative estimate of drug-likeness (QED) is 0.431. The van der Waals surface area contributed by atoms with E-state index in [4.69, 9.17) is 6.42 Å². The van der Waals surface area contributed by atoms with Crippen molar-refractivity contribution in [1.82, 2.24) is 0 Å². The second-order valence-corrected chi connectivity index (χ2v) is 2.17. The van der Waals surface area contributed by atoms with E-state index in [9.17, 15) is 4.79 Å². The van der Waals surface area contributed by atoms with E-state index in [1.165, 1.54) is 0 Å². The maximum absolute atomic E-state index is 10.7. The van der Waals surface area contributed by atoms with Crippen LogP contribution in [-0.2, 0) is 9.53 Å². The highest BCUT2D eigenvalue weighted by Crippen LogP contribution is 1.99. The van der Waals surface area contributed by atoms with Crippen molar-refractivity contribution in [1.29, 1.82) is 0 Å². The van der Waals surface area contributed by atoms with Gasteiger partial charge in [0, 0.05) is 6.42 Å². The van der Waals surface area contributed by atoms with Crippen LogP contribution in [0.25, 0.3) is 0 Å². The van der Waals surface area contributed by atoms with Gasteiger partial charge in [-0.2, -0.15) is 0 Å². The third-order valence-corrected chi connectivity index (χ3v) is 0.832. The molecule has 0 aromatic heterocycles. The maximum atomic E-state index is 10.7. The van der Waals surface area contributed by atoms with Crippen molar-refractivity contribution < 1.29 is 9.53 Å². The SMILES string of the molecule is C#CCOC(=O)CC([CH2])C. The first-order chi connectivity index (χ1) is 4.66. The minimum atomic E-state index is -0.277. The minimum Gasteiger partial charge on any atom is -0.452 e. The van der Waals surface area contributed by atoms with Gasteiger partial charge in [0.15, 0.2) is 6.61 Å².